The molecule has 0 amide bonds. The van der Waals surface area contributed by atoms with E-state index in [0.29, 0.717) is 11.2 Å². The molecule has 0 fully saturated rings. The molecule has 0 aliphatic heterocycles. The predicted octanol–water partition coefficient (Wildman–Crippen LogP) is -0.0885. The van der Waals surface area contributed by atoms with Crippen LogP contribution in [0, 0.1) is 0 Å². The number of aryl methyl sites for hydroxylation is 1. The summed E-state index contributed by atoms with van der Waals surface area (Å²) < 4.78 is 10.1. The van der Waals surface area contributed by atoms with Crippen molar-refractivity contribution in [3.8, 4) is 5.75 Å². The highest BCUT2D eigenvalue weighted by molar-refractivity contribution is 6.59. The van der Waals surface area contributed by atoms with Gasteiger partial charge in [0.1, 0.15) is 5.75 Å². The van der Waals surface area contributed by atoms with Crippen LogP contribution in [0.5, 0.6) is 5.75 Å². The molecule has 0 aliphatic carbocycles. The van der Waals surface area contributed by atoms with Crippen LogP contribution in [0.3, 0.4) is 0 Å². The first-order chi connectivity index (χ1) is 7.20. The maximum Gasteiger partial charge on any atom is 0.492 e. The maximum atomic E-state index is 9.16. The van der Waals surface area contributed by atoms with Crippen molar-refractivity contribution in [1.29, 1.82) is 0 Å². The smallest absolute Gasteiger partial charge is 0.468 e. The average Bonchev–Trinajstić information content (AvgIpc) is 2.25. The van der Waals surface area contributed by atoms with E-state index in [9.17, 15) is 0 Å². The van der Waals surface area contributed by atoms with Gasteiger partial charge in [0.05, 0.1) is 0 Å². The van der Waals surface area contributed by atoms with Crippen molar-refractivity contribution in [3.05, 3.63) is 23.8 Å². The number of rotatable bonds is 5. The molecule has 4 nitrogen and oxygen atoms in total. The van der Waals surface area contributed by atoms with E-state index in [-0.39, 0.29) is 6.79 Å². The largest absolute Gasteiger partial charge is 0.492 e. The van der Waals surface area contributed by atoms with Gasteiger partial charge in [-0.1, -0.05) is 25.1 Å². The van der Waals surface area contributed by atoms with Crippen LogP contribution >= 0.6 is 0 Å². The van der Waals surface area contributed by atoms with Crippen molar-refractivity contribution < 1.29 is 19.5 Å². The third-order valence-corrected chi connectivity index (χ3v) is 2.11. The molecule has 1 aromatic carbocycles. The summed E-state index contributed by atoms with van der Waals surface area (Å²) in [6.07, 6.45) is 0.763. The van der Waals surface area contributed by atoms with Crippen molar-refractivity contribution in [2.45, 2.75) is 13.3 Å². The minimum atomic E-state index is -1.52. The SMILES string of the molecule is CCc1cccc(B(O)O)c1OCOC. The van der Waals surface area contributed by atoms with Gasteiger partial charge in [0, 0.05) is 12.6 Å². The lowest BCUT2D eigenvalue weighted by atomic mass is 9.78. The second-order valence-electron chi connectivity index (χ2n) is 3.11. The van der Waals surface area contributed by atoms with Crippen LogP contribution in [0.15, 0.2) is 18.2 Å². The molecule has 0 heterocycles. The first kappa shape index (κ1) is 12.0. The van der Waals surface area contributed by atoms with E-state index in [4.69, 9.17) is 19.5 Å². The van der Waals surface area contributed by atoms with Gasteiger partial charge in [-0.05, 0) is 12.0 Å². The molecule has 0 bridgehead atoms. The minimum absolute atomic E-state index is 0.0940. The summed E-state index contributed by atoms with van der Waals surface area (Å²) >= 11 is 0. The van der Waals surface area contributed by atoms with Crippen LogP contribution in [0.25, 0.3) is 0 Å². The second-order valence-corrected chi connectivity index (χ2v) is 3.11. The minimum Gasteiger partial charge on any atom is -0.468 e. The number of hydrogen-bond donors (Lipinski definition) is 2. The quantitative estimate of drug-likeness (QED) is 0.526. The first-order valence-electron chi connectivity index (χ1n) is 4.80. The Kier molecular flexibility index (Phi) is 4.61. The fourth-order valence-corrected chi connectivity index (χ4v) is 1.38. The van der Waals surface area contributed by atoms with E-state index in [2.05, 4.69) is 0 Å². The molecule has 2 N–H and O–H groups in total. The van der Waals surface area contributed by atoms with Crippen molar-refractivity contribution >= 4 is 12.6 Å². The summed E-state index contributed by atoms with van der Waals surface area (Å²) in [7, 11) is -0.00720. The molecule has 1 aromatic rings. The van der Waals surface area contributed by atoms with E-state index >= 15 is 0 Å². The highest BCUT2D eigenvalue weighted by atomic mass is 16.7. The van der Waals surface area contributed by atoms with Crippen LogP contribution in [0.4, 0.5) is 0 Å². The number of ether oxygens (including phenoxy) is 2. The summed E-state index contributed by atoms with van der Waals surface area (Å²) in [6.45, 7) is 2.07. The molecule has 0 saturated heterocycles. The van der Waals surface area contributed by atoms with Gasteiger partial charge < -0.3 is 19.5 Å². The fourth-order valence-electron chi connectivity index (χ4n) is 1.38. The average molecular weight is 210 g/mol. The van der Waals surface area contributed by atoms with E-state index in [0.717, 1.165) is 12.0 Å². The van der Waals surface area contributed by atoms with Crippen LogP contribution < -0.4 is 10.2 Å². The Morgan fingerprint density at radius 3 is 2.60 bits per heavy atom. The topological polar surface area (TPSA) is 58.9 Å². The van der Waals surface area contributed by atoms with Gasteiger partial charge in [-0.15, -0.1) is 0 Å². The van der Waals surface area contributed by atoms with Crippen LogP contribution in [-0.4, -0.2) is 31.1 Å². The van der Waals surface area contributed by atoms with Gasteiger partial charge in [-0.2, -0.15) is 0 Å². The molecular weight excluding hydrogens is 195 g/mol. The van der Waals surface area contributed by atoms with E-state index in [1.807, 2.05) is 13.0 Å². The second kappa shape index (κ2) is 5.75. The van der Waals surface area contributed by atoms with Gasteiger partial charge in [0.25, 0.3) is 0 Å². The van der Waals surface area contributed by atoms with Crippen molar-refractivity contribution in [3.63, 3.8) is 0 Å². The molecule has 0 radical (unpaired) electrons. The molecule has 0 spiro atoms. The third-order valence-electron chi connectivity index (χ3n) is 2.11. The van der Waals surface area contributed by atoms with E-state index < -0.39 is 7.12 Å². The normalized spacial score (nSPS) is 10.1. The molecule has 5 heteroatoms. The lowest BCUT2D eigenvalue weighted by Gasteiger charge is -2.14. The lowest BCUT2D eigenvalue weighted by Crippen LogP contribution is -2.32. The summed E-state index contributed by atoms with van der Waals surface area (Å²) in [5, 5.41) is 18.3. The van der Waals surface area contributed by atoms with Crippen molar-refractivity contribution in [2.24, 2.45) is 0 Å². The third kappa shape index (κ3) is 2.96. The fraction of sp³-hybridized carbons (Fsp3) is 0.400. The summed E-state index contributed by atoms with van der Waals surface area (Å²) in [5.41, 5.74) is 1.30. The molecule has 0 aliphatic rings. The summed E-state index contributed by atoms with van der Waals surface area (Å²) in [6, 6.07) is 5.28. The summed E-state index contributed by atoms with van der Waals surface area (Å²) in [5.74, 6) is 0.497. The number of benzene rings is 1. The van der Waals surface area contributed by atoms with Gasteiger partial charge in [0.15, 0.2) is 6.79 Å². The highest BCUT2D eigenvalue weighted by Crippen LogP contribution is 2.16. The van der Waals surface area contributed by atoms with E-state index in [1.165, 1.54) is 7.11 Å². The molecular formula is C10H15BO4. The Morgan fingerprint density at radius 2 is 2.07 bits per heavy atom. The van der Waals surface area contributed by atoms with Gasteiger partial charge in [-0.25, -0.2) is 0 Å². The molecule has 0 atom stereocenters. The maximum absolute atomic E-state index is 9.16. The lowest BCUT2D eigenvalue weighted by molar-refractivity contribution is 0.0510. The summed E-state index contributed by atoms with van der Waals surface area (Å²) in [4.78, 5) is 0. The zero-order chi connectivity index (χ0) is 11.3. The number of para-hydroxylation sites is 1. The zero-order valence-corrected chi connectivity index (χ0v) is 8.93. The molecule has 0 unspecified atom stereocenters. The Hall–Kier alpha value is -1.04. The van der Waals surface area contributed by atoms with Gasteiger partial charge in [0.2, 0.25) is 0 Å². The predicted molar refractivity (Wildman–Crippen MR) is 58.1 cm³/mol. The molecule has 15 heavy (non-hydrogen) atoms. The standard InChI is InChI=1S/C10H15BO4/c1-3-8-5-4-6-9(11(12)13)10(8)15-7-14-2/h4-6,12-13H,3,7H2,1-2H3. The van der Waals surface area contributed by atoms with E-state index in [1.54, 1.807) is 12.1 Å². The van der Waals surface area contributed by atoms with Crippen LogP contribution in [0.1, 0.15) is 12.5 Å². The van der Waals surface area contributed by atoms with Gasteiger partial charge >= 0.3 is 7.12 Å². The Labute approximate surface area is 89.6 Å². The number of methoxy groups -OCH3 is 1. The van der Waals surface area contributed by atoms with Gasteiger partial charge in [-0.3, -0.25) is 0 Å². The van der Waals surface area contributed by atoms with Crippen molar-refractivity contribution in [1.82, 2.24) is 0 Å². The Bertz CT molecular complexity index is 314. The Morgan fingerprint density at radius 1 is 1.33 bits per heavy atom. The first-order valence-corrected chi connectivity index (χ1v) is 4.80. The molecule has 1 rings (SSSR count). The Balaban J connectivity index is 3.03. The van der Waals surface area contributed by atoms with Crippen LogP contribution in [0.2, 0.25) is 0 Å². The van der Waals surface area contributed by atoms with Crippen molar-refractivity contribution in [2.75, 3.05) is 13.9 Å². The van der Waals surface area contributed by atoms with Crippen LogP contribution in [-0.2, 0) is 11.2 Å². The zero-order valence-electron chi connectivity index (χ0n) is 8.93. The molecule has 0 saturated carbocycles. The highest BCUT2D eigenvalue weighted by Gasteiger charge is 2.19. The molecule has 0 aromatic heterocycles. The number of hydrogen-bond acceptors (Lipinski definition) is 4. The molecule has 82 valence electrons. The monoisotopic (exact) mass is 210 g/mol.